The number of hydrogen-bond donors (Lipinski definition) is 1. The highest BCUT2D eigenvalue weighted by Crippen LogP contribution is 2.04. The fourth-order valence-electron chi connectivity index (χ4n) is 0.476. The Morgan fingerprint density at radius 3 is 2.56 bits per heavy atom. The van der Waals surface area contributed by atoms with Gasteiger partial charge in [0.2, 0.25) is 0 Å². The maximum Gasteiger partial charge on any atom is 0.0603 e. The topological polar surface area (TPSA) is 20.2 Å². The maximum atomic E-state index is 9.16. The van der Waals surface area contributed by atoms with Gasteiger partial charge in [0, 0.05) is 0 Å². The van der Waals surface area contributed by atoms with Crippen LogP contribution in [-0.2, 0) is 0 Å². The highest BCUT2D eigenvalue weighted by molar-refractivity contribution is 4.79. The van der Waals surface area contributed by atoms with E-state index in [0.717, 1.165) is 0 Å². The van der Waals surface area contributed by atoms with Crippen molar-refractivity contribution in [2.75, 3.05) is 0 Å². The summed E-state index contributed by atoms with van der Waals surface area (Å²) in [7, 11) is 0. The second-order valence-corrected chi connectivity index (χ2v) is 2.46. The molecule has 1 atom stereocenters. The van der Waals surface area contributed by atoms with Gasteiger partial charge in [-0.1, -0.05) is 20.4 Å². The lowest BCUT2D eigenvalue weighted by atomic mass is 10.0. The van der Waals surface area contributed by atoms with Gasteiger partial charge in [-0.25, -0.2) is 0 Å². The van der Waals surface area contributed by atoms with Crippen molar-refractivity contribution >= 4 is 0 Å². The van der Waals surface area contributed by atoms with Gasteiger partial charge >= 0.3 is 0 Å². The zero-order chi connectivity index (χ0) is 7.28. The van der Waals surface area contributed by atoms with Crippen LogP contribution in [0.15, 0.2) is 18.4 Å². The summed E-state index contributed by atoms with van der Waals surface area (Å²) in [6.07, 6.45) is 2.19. The SMILES string of the molecule is C=C=CCC(O)C(C)C. The standard InChI is InChI=1S/C8H14O/c1-4-5-6-8(9)7(2)3/h5,7-9H,1,6H2,2-3H3. The van der Waals surface area contributed by atoms with Crippen molar-refractivity contribution in [2.45, 2.75) is 26.4 Å². The quantitative estimate of drug-likeness (QED) is 0.571. The molecule has 0 aliphatic rings. The summed E-state index contributed by atoms with van der Waals surface area (Å²) in [5, 5.41) is 9.16. The van der Waals surface area contributed by atoms with Crippen LogP contribution < -0.4 is 0 Å². The minimum atomic E-state index is -0.237. The minimum Gasteiger partial charge on any atom is -0.393 e. The molecule has 0 aromatic rings. The Kier molecular flexibility index (Phi) is 4.12. The van der Waals surface area contributed by atoms with Gasteiger partial charge in [0.25, 0.3) is 0 Å². The third-order valence-corrected chi connectivity index (χ3v) is 1.27. The summed E-state index contributed by atoms with van der Waals surface area (Å²) in [5.74, 6) is 0.328. The molecule has 52 valence electrons. The molecule has 1 nitrogen and oxygen atoms in total. The molecule has 1 heteroatoms. The van der Waals surface area contributed by atoms with E-state index in [4.69, 9.17) is 5.11 Å². The average molecular weight is 126 g/mol. The summed E-state index contributed by atoms with van der Waals surface area (Å²) in [6.45, 7) is 7.38. The maximum absolute atomic E-state index is 9.16. The van der Waals surface area contributed by atoms with Crippen LogP contribution in [0.3, 0.4) is 0 Å². The van der Waals surface area contributed by atoms with Crippen LogP contribution >= 0.6 is 0 Å². The minimum absolute atomic E-state index is 0.237. The van der Waals surface area contributed by atoms with Crippen LogP contribution in [0.5, 0.6) is 0 Å². The molecule has 1 unspecified atom stereocenters. The van der Waals surface area contributed by atoms with Crippen molar-refractivity contribution in [1.29, 1.82) is 0 Å². The normalized spacial score (nSPS) is 12.9. The molecule has 0 aromatic heterocycles. The molecular formula is C8H14O. The van der Waals surface area contributed by atoms with Gasteiger partial charge in [0.1, 0.15) is 0 Å². The molecule has 0 aliphatic carbocycles. The van der Waals surface area contributed by atoms with E-state index >= 15 is 0 Å². The molecule has 1 N–H and O–H groups in total. The lowest BCUT2D eigenvalue weighted by Crippen LogP contribution is -2.12. The van der Waals surface area contributed by atoms with E-state index < -0.39 is 0 Å². The first-order valence-electron chi connectivity index (χ1n) is 3.20. The molecular weight excluding hydrogens is 112 g/mol. The van der Waals surface area contributed by atoms with Gasteiger partial charge in [0.05, 0.1) is 6.10 Å². The van der Waals surface area contributed by atoms with E-state index in [0.29, 0.717) is 12.3 Å². The Labute approximate surface area is 56.7 Å². The molecule has 9 heavy (non-hydrogen) atoms. The van der Waals surface area contributed by atoms with Gasteiger partial charge < -0.3 is 5.11 Å². The van der Waals surface area contributed by atoms with E-state index in [-0.39, 0.29) is 6.10 Å². The van der Waals surface area contributed by atoms with E-state index in [2.05, 4.69) is 12.3 Å². The predicted octanol–water partition coefficient (Wildman–Crippen LogP) is 1.73. The Morgan fingerprint density at radius 2 is 2.22 bits per heavy atom. The van der Waals surface area contributed by atoms with E-state index in [9.17, 15) is 0 Å². The molecule has 0 heterocycles. The van der Waals surface area contributed by atoms with Gasteiger partial charge in [-0.15, -0.1) is 5.73 Å². The average Bonchev–Trinajstić information content (AvgIpc) is 1.82. The largest absolute Gasteiger partial charge is 0.393 e. The summed E-state index contributed by atoms with van der Waals surface area (Å²) >= 11 is 0. The number of hydrogen-bond acceptors (Lipinski definition) is 1. The molecule has 0 aromatic carbocycles. The van der Waals surface area contributed by atoms with Gasteiger partial charge in [-0.05, 0) is 18.4 Å². The highest BCUT2D eigenvalue weighted by atomic mass is 16.3. The number of aliphatic hydroxyl groups excluding tert-OH is 1. The highest BCUT2D eigenvalue weighted by Gasteiger charge is 2.04. The second kappa shape index (κ2) is 4.37. The van der Waals surface area contributed by atoms with Crippen molar-refractivity contribution in [3.05, 3.63) is 18.4 Å². The van der Waals surface area contributed by atoms with Crippen molar-refractivity contribution in [3.63, 3.8) is 0 Å². The van der Waals surface area contributed by atoms with Gasteiger partial charge in [0.15, 0.2) is 0 Å². The van der Waals surface area contributed by atoms with Gasteiger partial charge in [-0.2, -0.15) is 0 Å². The molecule has 0 bridgehead atoms. The lowest BCUT2D eigenvalue weighted by Gasteiger charge is -2.09. The van der Waals surface area contributed by atoms with E-state index in [1.54, 1.807) is 6.08 Å². The molecule has 0 fully saturated rings. The molecule has 0 spiro atoms. The third kappa shape index (κ3) is 4.01. The molecule has 0 amide bonds. The first-order chi connectivity index (χ1) is 4.18. The van der Waals surface area contributed by atoms with Gasteiger partial charge in [-0.3, -0.25) is 0 Å². The monoisotopic (exact) mass is 126 g/mol. The molecule has 0 aliphatic heterocycles. The van der Waals surface area contributed by atoms with Crippen LogP contribution in [-0.4, -0.2) is 11.2 Å². The van der Waals surface area contributed by atoms with Crippen LogP contribution in [0, 0.1) is 5.92 Å². The van der Waals surface area contributed by atoms with Crippen LogP contribution in [0.1, 0.15) is 20.3 Å². The number of aliphatic hydroxyl groups is 1. The Morgan fingerprint density at radius 1 is 1.67 bits per heavy atom. The molecule has 0 saturated heterocycles. The summed E-state index contributed by atoms with van der Waals surface area (Å²) in [4.78, 5) is 0. The summed E-state index contributed by atoms with van der Waals surface area (Å²) < 4.78 is 0. The van der Waals surface area contributed by atoms with Crippen LogP contribution in [0.2, 0.25) is 0 Å². The molecule has 0 radical (unpaired) electrons. The fraction of sp³-hybridized carbons (Fsp3) is 0.625. The zero-order valence-corrected chi connectivity index (χ0v) is 6.09. The Hall–Kier alpha value is -0.520. The lowest BCUT2D eigenvalue weighted by molar-refractivity contribution is 0.128. The van der Waals surface area contributed by atoms with E-state index in [1.807, 2.05) is 13.8 Å². The van der Waals surface area contributed by atoms with Crippen molar-refractivity contribution in [1.82, 2.24) is 0 Å². The summed E-state index contributed by atoms with van der Waals surface area (Å²) in [5.41, 5.74) is 2.62. The Bertz CT molecular complexity index is 110. The van der Waals surface area contributed by atoms with Crippen molar-refractivity contribution < 1.29 is 5.11 Å². The molecule has 0 saturated carbocycles. The first-order valence-corrected chi connectivity index (χ1v) is 3.20. The predicted molar refractivity (Wildman–Crippen MR) is 39.2 cm³/mol. The summed E-state index contributed by atoms with van der Waals surface area (Å²) in [6, 6.07) is 0. The molecule has 0 rings (SSSR count). The van der Waals surface area contributed by atoms with Crippen LogP contribution in [0.25, 0.3) is 0 Å². The third-order valence-electron chi connectivity index (χ3n) is 1.27. The van der Waals surface area contributed by atoms with Crippen molar-refractivity contribution in [3.8, 4) is 0 Å². The van der Waals surface area contributed by atoms with Crippen molar-refractivity contribution in [2.24, 2.45) is 5.92 Å². The second-order valence-electron chi connectivity index (χ2n) is 2.46. The first kappa shape index (κ1) is 8.48. The van der Waals surface area contributed by atoms with E-state index in [1.165, 1.54) is 0 Å². The number of rotatable bonds is 3. The zero-order valence-electron chi connectivity index (χ0n) is 6.09. The fourth-order valence-corrected chi connectivity index (χ4v) is 0.476. The van der Waals surface area contributed by atoms with Crippen LogP contribution in [0.4, 0.5) is 0 Å². The Balaban J connectivity index is 3.49. The smallest absolute Gasteiger partial charge is 0.0603 e.